The van der Waals surface area contributed by atoms with Gasteiger partial charge in [0, 0.05) is 17.1 Å². The predicted molar refractivity (Wildman–Crippen MR) is 77.6 cm³/mol. The van der Waals surface area contributed by atoms with Crippen molar-refractivity contribution < 1.29 is 9.47 Å². The standard InChI is InChI=1S/C14H22BrNO2/c1-3-13(16)14(18-9-8-17-4-2)11-6-5-7-12(15)10-11/h5-7,10,13-14H,3-4,8-9,16H2,1-2H3. The van der Waals surface area contributed by atoms with E-state index < -0.39 is 0 Å². The number of ether oxygens (including phenoxy) is 2. The van der Waals surface area contributed by atoms with Gasteiger partial charge in [-0.1, -0.05) is 35.0 Å². The van der Waals surface area contributed by atoms with Gasteiger partial charge in [0.1, 0.15) is 0 Å². The Bertz CT molecular complexity index is 346. The zero-order chi connectivity index (χ0) is 13.4. The van der Waals surface area contributed by atoms with Crippen molar-refractivity contribution in [3.63, 3.8) is 0 Å². The predicted octanol–water partition coefficient (Wildman–Crippen LogP) is 3.28. The minimum atomic E-state index is -0.0760. The van der Waals surface area contributed by atoms with E-state index in [0.717, 1.165) is 16.5 Å². The van der Waals surface area contributed by atoms with Gasteiger partial charge in [0.15, 0.2) is 0 Å². The molecular weight excluding hydrogens is 294 g/mol. The number of halogens is 1. The van der Waals surface area contributed by atoms with Gasteiger partial charge >= 0.3 is 0 Å². The first-order valence-corrected chi connectivity index (χ1v) is 7.18. The first kappa shape index (κ1) is 15.6. The summed E-state index contributed by atoms with van der Waals surface area (Å²) in [6, 6.07) is 8.10. The lowest BCUT2D eigenvalue weighted by Gasteiger charge is -2.24. The molecule has 0 aliphatic rings. The number of benzene rings is 1. The second-order valence-electron chi connectivity index (χ2n) is 4.12. The van der Waals surface area contributed by atoms with Gasteiger partial charge in [-0.25, -0.2) is 0 Å². The summed E-state index contributed by atoms with van der Waals surface area (Å²) in [6.07, 6.45) is 0.805. The van der Waals surface area contributed by atoms with Gasteiger partial charge in [0.2, 0.25) is 0 Å². The van der Waals surface area contributed by atoms with Gasteiger partial charge in [-0.05, 0) is 31.0 Å². The van der Waals surface area contributed by atoms with Crippen molar-refractivity contribution in [1.29, 1.82) is 0 Å². The highest BCUT2D eigenvalue weighted by Gasteiger charge is 2.19. The molecule has 1 rings (SSSR count). The Kier molecular flexibility index (Phi) is 7.51. The quantitative estimate of drug-likeness (QED) is 0.749. The lowest BCUT2D eigenvalue weighted by atomic mass is 10.0. The molecule has 2 N–H and O–H groups in total. The molecule has 2 unspecified atom stereocenters. The molecule has 2 atom stereocenters. The van der Waals surface area contributed by atoms with Gasteiger partial charge in [-0.3, -0.25) is 0 Å². The van der Waals surface area contributed by atoms with Crippen molar-refractivity contribution >= 4 is 15.9 Å². The molecule has 18 heavy (non-hydrogen) atoms. The fraction of sp³-hybridized carbons (Fsp3) is 0.571. The van der Waals surface area contributed by atoms with E-state index in [1.54, 1.807) is 0 Å². The molecule has 0 radical (unpaired) electrons. The van der Waals surface area contributed by atoms with Crippen molar-refractivity contribution in [2.45, 2.75) is 32.4 Å². The van der Waals surface area contributed by atoms with Crippen LogP contribution in [0.2, 0.25) is 0 Å². The molecule has 0 saturated carbocycles. The van der Waals surface area contributed by atoms with Gasteiger partial charge in [-0.2, -0.15) is 0 Å². The largest absolute Gasteiger partial charge is 0.379 e. The van der Waals surface area contributed by atoms with Crippen LogP contribution in [0.15, 0.2) is 28.7 Å². The summed E-state index contributed by atoms with van der Waals surface area (Å²) >= 11 is 3.47. The molecule has 0 aliphatic carbocycles. The maximum atomic E-state index is 6.13. The fourth-order valence-corrected chi connectivity index (χ4v) is 2.16. The maximum absolute atomic E-state index is 6.13. The summed E-state index contributed by atoms with van der Waals surface area (Å²) in [5, 5.41) is 0. The Morgan fingerprint density at radius 3 is 2.67 bits per heavy atom. The smallest absolute Gasteiger partial charge is 0.0977 e. The van der Waals surface area contributed by atoms with Crippen LogP contribution in [-0.2, 0) is 9.47 Å². The number of nitrogens with two attached hydrogens (primary N) is 1. The number of hydrogen-bond donors (Lipinski definition) is 1. The summed E-state index contributed by atoms with van der Waals surface area (Å²) < 4.78 is 12.2. The molecule has 0 fully saturated rings. The summed E-state index contributed by atoms with van der Waals surface area (Å²) in [7, 11) is 0. The fourth-order valence-electron chi connectivity index (χ4n) is 1.74. The molecule has 0 saturated heterocycles. The third kappa shape index (κ3) is 5.06. The SMILES string of the molecule is CCOCCOC(c1cccc(Br)c1)C(N)CC. The minimum Gasteiger partial charge on any atom is -0.379 e. The van der Waals surface area contributed by atoms with Crippen molar-refractivity contribution in [1.82, 2.24) is 0 Å². The van der Waals surface area contributed by atoms with Crippen LogP contribution in [0, 0.1) is 0 Å². The second kappa shape index (κ2) is 8.64. The molecule has 0 spiro atoms. The van der Waals surface area contributed by atoms with E-state index in [1.165, 1.54) is 0 Å². The molecule has 0 aromatic heterocycles. The highest BCUT2D eigenvalue weighted by atomic mass is 79.9. The van der Waals surface area contributed by atoms with E-state index >= 15 is 0 Å². The molecular formula is C14H22BrNO2. The van der Waals surface area contributed by atoms with Gasteiger partial charge < -0.3 is 15.2 Å². The lowest BCUT2D eigenvalue weighted by molar-refractivity contribution is -0.00550. The van der Waals surface area contributed by atoms with Crippen molar-refractivity contribution in [2.75, 3.05) is 19.8 Å². The zero-order valence-corrected chi connectivity index (χ0v) is 12.7. The molecule has 1 aromatic rings. The Morgan fingerprint density at radius 1 is 1.28 bits per heavy atom. The van der Waals surface area contributed by atoms with Crippen molar-refractivity contribution in [3.05, 3.63) is 34.3 Å². The van der Waals surface area contributed by atoms with Gasteiger partial charge in [0.05, 0.1) is 19.3 Å². The Morgan fingerprint density at radius 2 is 2.06 bits per heavy atom. The van der Waals surface area contributed by atoms with Gasteiger partial charge in [-0.15, -0.1) is 0 Å². The van der Waals surface area contributed by atoms with Crippen LogP contribution in [0.25, 0.3) is 0 Å². The van der Waals surface area contributed by atoms with E-state index in [4.69, 9.17) is 15.2 Å². The maximum Gasteiger partial charge on any atom is 0.0977 e. The molecule has 0 amide bonds. The summed E-state index contributed by atoms with van der Waals surface area (Å²) in [5.74, 6) is 0. The zero-order valence-electron chi connectivity index (χ0n) is 11.1. The number of rotatable bonds is 8. The Balaban J connectivity index is 2.66. The molecule has 4 heteroatoms. The third-order valence-corrected chi connectivity index (χ3v) is 3.26. The summed E-state index contributed by atoms with van der Waals surface area (Å²) in [4.78, 5) is 0. The van der Waals surface area contributed by atoms with Crippen LogP contribution in [0.1, 0.15) is 31.9 Å². The van der Waals surface area contributed by atoms with E-state index in [9.17, 15) is 0 Å². The average Bonchev–Trinajstić information content (AvgIpc) is 2.38. The monoisotopic (exact) mass is 315 g/mol. The topological polar surface area (TPSA) is 44.5 Å². The highest BCUT2D eigenvalue weighted by Crippen LogP contribution is 2.24. The summed E-state index contributed by atoms with van der Waals surface area (Å²) in [5.41, 5.74) is 7.24. The van der Waals surface area contributed by atoms with E-state index in [2.05, 4.69) is 28.9 Å². The normalized spacial score (nSPS) is 14.4. The Labute approximate surface area is 118 Å². The molecule has 0 bridgehead atoms. The van der Waals surface area contributed by atoms with E-state index in [0.29, 0.717) is 19.8 Å². The van der Waals surface area contributed by atoms with Crippen LogP contribution in [0.5, 0.6) is 0 Å². The Hall–Kier alpha value is -0.420. The molecule has 1 aromatic carbocycles. The third-order valence-electron chi connectivity index (χ3n) is 2.77. The average molecular weight is 316 g/mol. The molecule has 3 nitrogen and oxygen atoms in total. The van der Waals surface area contributed by atoms with Crippen LogP contribution in [0.4, 0.5) is 0 Å². The first-order chi connectivity index (χ1) is 8.69. The van der Waals surface area contributed by atoms with Crippen molar-refractivity contribution in [3.8, 4) is 0 Å². The molecule has 102 valence electrons. The van der Waals surface area contributed by atoms with Crippen LogP contribution >= 0.6 is 15.9 Å². The van der Waals surface area contributed by atoms with E-state index in [-0.39, 0.29) is 12.1 Å². The highest BCUT2D eigenvalue weighted by molar-refractivity contribution is 9.10. The van der Waals surface area contributed by atoms with Crippen LogP contribution < -0.4 is 5.73 Å². The second-order valence-corrected chi connectivity index (χ2v) is 5.03. The number of hydrogen-bond acceptors (Lipinski definition) is 3. The lowest BCUT2D eigenvalue weighted by Crippen LogP contribution is -2.30. The minimum absolute atomic E-state index is 0.000858. The van der Waals surface area contributed by atoms with Crippen molar-refractivity contribution in [2.24, 2.45) is 5.73 Å². The molecule has 0 aliphatic heterocycles. The van der Waals surface area contributed by atoms with E-state index in [1.807, 2.05) is 25.1 Å². The first-order valence-electron chi connectivity index (χ1n) is 6.39. The molecule has 0 heterocycles. The van der Waals surface area contributed by atoms with Gasteiger partial charge in [0.25, 0.3) is 0 Å². The summed E-state index contributed by atoms with van der Waals surface area (Å²) in [6.45, 7) is 5.94. The van der Waals surface area contributed by atoms with Crippen LogP contribution in [-0.4, -0.2) is 25.9 Å². The van der Waals surface area contributed by atoms with Crippen LogP contribution in [0.3, 0.4) is 0 Å².